The summed E-state index contributed by atoms with van der Waals surface area (Å²) < 4.78 is 51.7. The van der Waals surface area contributed by atoms with E-state index in [0.717, 1.165) is 6.42 Å². The number of unbranched alkanes of at least 4 members (excludes halogenated alkanes) is 1. The molecular formula is C15H26F2N2O4S. The third kappa shape index (κ3) is 4.05. The Labute approximate surface area is 141 Å². The molecule has 0 radical (unpaired) electrons. The molecule has 140 valence electrons. The maximum absolute atomic E-state index is 12.8. The van der Waals surface area contributed by atoms with Crippen molar-refractivity contribution >= 4 is 15.9 Å². The number of rotatable bonds is 6. The van der Waals surface area contributed by atoms with Crippen LogP contribution in [-0.2, 0) is 14.8 Å². The molecule has 0 aromatic heterocycles. The Balaban J connectivity index is 2.02. The minimum atomic E-state index is -3.47. The number of carbonyl (C=O) groups is 1. The highest BCUT2D eigenvalue weighted by atomic mass is 32.2. The van der Waals surface area contributed by atoms with Crippen molar-refractivity contribution in [1.29, 1.82) is 0 Å². The van der Waals surface area contributed by atoms with Gasteiger partial charge < -0.3 is 10.0 Å². The molecule has 9 heteroatoms. The maximum atomic E-state index is 12.8. The number of alkyl halides is 2. The Bertz CT molecular complexity index is 548. The molecule has 2 aliphatic rings. The second kappa shape index (κ2) is 7.61. The zero-order valence-corrected chi connectivity index (χ0v) is 14.8. The van der Waals surface area contributed by atoms with Crippen LogP contribution in [0.2, 0.25) is 0 Å². The first-order valence-corrected chi connectivity index (χ1v) is 10.1. The lowest BCUT2D eigenvalue weighted by Gasteiger charge is -2.39. The first-order valence-electron chi connectivity index (χ1n) is 8.50. The number of hydrogen-bond acceptors (Lipinski definition) is 4. The number of amides is 1. The Morgan fingerprint density at radius 1 is 1.29 bits per heavy atom. The first-order chi connectivity index (χ1) is 11.2. The summed E-state index contributed by atoms with van der Waals surface area (Å²) in [5, 5.41) is 9.80. The summed E-state index contributed by atoms with van der Waals surface area (Å²) in [6.07, 6.45) is -0.838. The van der Waals surface area contributed by atoms with Gasteiger partial charge in [-0.2, -0.15) is 4.31 Å². The molecule has 24 heavy (non-hydrogen) atoms. The van der Waals surface area contributed by atoms with Gasteiger partial charge in [0, 0.05) is 19.6 Å². The van der Waals surface area contributed by atoms with Gasteiger partial charge >= 0.3 is 0 Å². The van der Waals surface area contributed by atoms with E-state index in [-0.39, 0.29) is 37.6 Å². The molecule has 1 atom stereocenters. The second-order valence-electron chi connectivity index (χ2n) is 6.67. The normalized spacial score (nSPS) is 25.4. The lowest BCUT2D eigenvalue weighted by atomic mass is 9.91. The van der Waals surface area contributed by atoms with E-state index >= 15 is 0 Å². The third-order valence-electron chi connectivity index (χ3n) is 4.95. The average Bonchev–Trinajstić information content (AvgIpc) is 3.03. The number of carbonyl (C=O) groups excluding carboxylic acids is 1. The van der Waals surface area contributed by atoms with E-state index in [1.54, 1.807) is 0 Å². The number of sulfonamides is 1. The van der Waals surface area contributed by atoms with E-state index < -0.39 is 28.1 Å². The molecule has 2 rings (SSSR count). The van der Waals surface area contributed by atoms with Crippen LogP contribution in [0.1, 0.15) is 45.4 Å². The first kappa shape index (κ1) is 19.5. The summed E-state index contributed by atoms with van der Waals surface area (Å²) in [7, 11) is -3.47. The monoisotopic (exact) mass is 368 g/mol. The summed E-state index contributed by atoms with van der Waals surface area (Å²) in [4.78, 5) is 14.1. The van der Waals surface area contributed by atoms with Crippen molar-refractivity contribution in [1.82, 2.24) is 9.21 Å². The smallest absolute Gasteiger partial charge is 0.266 e. The summed E-state index contributed by atoms with van der Waals surface area (Å²) in [5.41, 5.74) is -2.04. The summed E-state index contributed by atoms with van der Waals surface area (Å²) in [6, 6.07) is -0.732. The van der Waals surface area contributed by atoms with Gasteiger partial charge in [0.2, 0.25) is 15.9 Å². The van der Waals surface area contributed by atoms with Crippen molar-refractivity contribution in [3.8, 4) is 0 Å². The molecule has 0 aromatic rings. The van der Waals surface area contributed by atoms with Crippen LogP contribution in [0.4, 0.5) is 8.78 Å². The molecular weight excluding hydrogens is 342 g/mol. The van der Waals surface area contributed by atoms with Crippen molar-refractivity contribution in [2.75, 3.05) is 25.4 Å². The molecule has 0 saturated carbocycles. The van der Waals surface area contributed by atoms with Crippen LogP contribution < -0.4 is 0 Å². The van der Waals surface area contributed by atoms with E-state index in [1.165, 1.54) is 9.21 Å². The quantitative estimate of drug-likeness (QED) is 0.764. The number of hydrogen-bond donors (Lipinski definition) is 1. The zero-order valence-electron chi connectivity index (χ0n) is 14.0. The van der Waals surface area contributed by atoms with Crippen LogP contribution in [0.5, 0.6) is 0 Å². The fraction of sp³-hybridized carbons (Fsp3) is 0.933. The minimum absolute atomic E-state index is 0.0262. The number of halogens is 2. The van der Waals surface area contributed by atoms with Gasteiger partial charge in [0.15, 0.2) is 0 Å². The highest BCUT2D eigenvalue weighted by molar-refractivity contribution is 7.89. The van der Waals surface area contributed by atoms with Gasteiger partial charge in [0.05, 0.1) is 5.75 Å². The molecule has 0 bridgehead atoms. The Morgan fingerprint density at radius 3 is 2.46 bits per heavy atom. The Kier molecular flexibility index (Phi) is 6.19. The zero-order chi connectivity index (χ0) is 18.0. The molecule has 2 aliphatic heterocycles. The predicted octanol–water partition coefficient (Wildman–Crippen LogP) is 1.20. The second-order valence-corrected chi connectivity index (χ2v) is 8.71. The number of piperidine rings is 1. The number of aliphatic hydroxyl groups is 1. The summed E-state index contributed by atoms with van der Waals surface area (Å²) in [5.74, 6) is -0.304. The molecule has 1 unspecified atom stereocenters. The van der Waals surface area contributed by atoms with Crippen LogP contribution >= 0.6 is 0 Å². The van der Waals surface area contributed by atoms with Gasteiger partial charge in [-0.05, 0) is 32.1 Å². The topological polar surface area (TPSA) is 77.9 Å². The number of nitrogens with zero attached hydrogens (tertiary/aromatic N) is 2. The van der Waals surface area contributed by atoms with Gasteiger partial charge in [-0.3, -0.25) is 4.79 Å². The molecule has 0 aromatic carbocycles. The Hall–Kier alpha value is -0.800. The van der Waals surface area contributed by atoms with E-state index in [4.69, 9.17) is 0 Å². The molecule has 6 nitrogen and oxygen atoms in total. The third-order valence-corrected chi connectivity index (χ3v) is 6.91. The van der Waals surface area contributed by atoms with Crippen LogP contribution in [0.25, 0.3) is 0 Å². The minimum Gasteiger partial charge on any atom is -0.384 e. The maximum Gasteiger partial charge on any atom is 0.266 e. The molecule has 0 aliphatic carbocycles. The van der Waals surface area contributed by atoms with E-state index in [2.05, 4.69) is 0 Å². The van der Waals surface area contributed by atoms with Gasteiger partial charge in [0.25, 0.3) is 6.43 Å². The highest BCUT2D eigenvalue weighted by Crippen LogP contribution is 2.30. The molecule has 0 spiro atoms. The van der Waals surface area contributed by atoms with Crippen LogP contribution in [-0.4, -0.2) is 72.1 Å². The average molecular weight is 368 g/mol. The van der Waals surface area contributed by atoms with E-state index in [9.17, 15) is 27.1 Å². The summed E-state index contributed by atoms with van der Waals surface area (Å²) in [6.45, 7) is 2.29. The molecule has 2 fully saturated rings. The van der Waals surface area contributed by atoms with Crippen molar-refractivity contribution in [3.05, 3.63) is 0 Å². The van der Waals surface area contributed by atoms with Crippen LogP contribution in [0.15, 0.2) is 0 Å². The lowest BCUT2D eigenvalue weighted by molar-refractivity contribution is -0.150. The van der Waals surface area contributed by atoms with Crippen molar-refractivity contribution in [3.63, 3.8) is 0 Å². The van der Waals surface area contributed by atoms with Crippen molar-refractivity contribution in [2.24, 2.45) is 0 Å². The number of likely N-dealkylation sites (tertiary alicyclic amines) is 1. The van der Waals surface area contributed by atoms with E-state index in [0.29, 0.717) is 25.8 Å². The van der Waals surface area contributed by atoms with Crippen LogP contribution in [0, 0.1) is 0 Å². The van der Waals surface area contributed by atoms with Crippen LogP contribution in [0.3, 0.4) is 0 Å². The van der Waals surface area contributed by atoms with E-state index in [1.807, 2.05) is 6.92 Å². The largest absolute Gasteiger partial charge is 0.384 e. The SMILES string of the molecule is CCCCS(=O)(=O)N1CCCC1C(=O)N1CCC(O)(C(F)F)CC1. The highest BCUT2D eigenvalue weighted by Gasteiger charge is 2.45. The van der Waals surface area contributed by atoms with Crippen molar-refractivity contribution in [2.45, 2.75) is 63.5 Å². The predicted molar refractivity (Wildman–Crippen MR) is 85.2 cm³/mol. The van der Waals surface area contributed by atoms with Gasteiger partial charge in [-0.1, -0.05) is 13.3 Å². The molecule has 1 amide bonds. The van der Waals surface area contributed by atoms with Gasteiger partial charge in [0.1, 0.15) is 11.6 Å². The standard InChI is InChI=1S/C15H26F2N2O4S/c1-2-3-11-24(22,23)19-8-4-5-12(19)13(20)18-9-6-15(21,7-10-18)14(16)17/h12,14,21H,2-11H2,1H3. The van der Waals surface area contributed by atoms with Crippen molar-refractivity contribution < 1.29 is 27.1 Å². The molecule has 2 heterocycles. The summed E-state index contributed by atoms with van der Waals surface area (Å²) >= 11 is 0. The fourth-order valence-corrected chi connectivity index (χ4v) is 5.19. The lowest BCUT2D eigenvalue weighted by Crippen LogP contribution is -2.54. The van der Waals surface area contributed by atoms with Gasteiger partial charge in [-0.15, -0.1) is 0 Å². The Morgan fingerprint density at radius 2 is 1.92 bits per heavy atom. The molecule has 1 N–H and O–H groups in total. The van der Waals surface area contributed by atoms with Gasteiger partial charge in [-0.25, -0.2) is 17.2 Å². The fourth-order valence-electron chi connectivity index (χ4n) is 3.31. The molecule has 2 saturated heterocycles.